The van der Waals surface area contributed by atoms with E-state index in [0.29, 0.717) is 5.76 Å². The number of amides is 1. The number of carbonyl (C=O) groups excluding carboxylic acids is 1. The van der Waals surface area contributed by atoms with Crippen LogP contribution in [-0.4, -0.2) is 15.9 Å². The molecular formula is C9H7Cl2N3O2. The van der Waals surface area contributed by atoms with Crippen molar-refractivity contribution in [3.8, 4) is 0 Å². The van der Waals surface area contributed by atoms with E-state index in [1.165, 1.54) is 6.26 Å². The van der Waals surface area contributed by atoms with Crippen LogP contribution in [0, 0.1) is 0 Å². The fraction of sp³-hybridized carbons (Fsp3) is 0.111. The molecule has 0 aliphatic carbocycles. The average molecular weight is 260 g/mol. The van der Waals surface area contributed by atoms with E-state index in [9.17, 15) is 4.79 Å². The second-order valence-electron chi connectivity index (χ2n) is 2.95. The lowest BCUT2D eigenvalue weighted by Crippen LogP contribution is -2.23. The second kappa shape index (κ2) is 4.59. The third-order valence-electron chi connectivity index (χ3n) is 1.84. The van der Waals surface area contributed by atoms with E-state index in [1.54, 1.807) is 12.1 Å². The van der Waals surface area contributed by atoms with Crippen molar-refractivity contribution < 1.29 is 9.21 Å². The summed E-state index contributed by atoms with van der Waals surface area (Å²) in [5.41, 5.74) is 0. The molecule has 7 heteroatoms. The number of hydrogen-bond donors (Lipinski definition) is 2. The van der Waals surface area contributed by atoms with Crippen LogP contribution in [0.15, 0.2) is 22.8 Å². The number of furan rings is 1. The van der Waals surface area contributed by atoms with Crippen LogP contribution in [0.3, 0.4) is 0 Å². The highest BCUT2D eigenvalue weighted by Gasteiger charge is 2.13. The fourth-order valence-electron chi connectivity index (χ4n) is 1.10. The number of nitrogens with zero attached hydrogens (tertiary/aromatic N) is 1. The first-order chi connectivity index (χ1) is 7.66. The summed E-state index contributed by atoms with van der Waals surface area (Å²) in [7, 11) is 0. The zero-order valence-corrected chi connectivity index (χ0v) is 9.47. The van der Waals surface area contributed by atoms with Gasteiger partial charge in [0.2, 0.25) is 0 Å². The number of carbonyl (C=O) groups is 1. The van der Waals surface area contributed by atoms with Crippen molar-refractivity contribution >= 4 is 29.1 Å². The monoisotopic (exact) mass is 259 g/mol. The highest BCUT2D eigenvalue weighted by molar-refractivity contribution is 6.40. The van der Waals surface area contributed by atoms with Crippen LogP contribution in [0.2, 0.25) is 10.3 Å². The number of imidazole rings is 1. The number of rotatable bonds is 3. The maximum atomic E-state index is 11.5. The van der Waals surface area contributed by atoms with Gasteiger partial charge in [-0.15, -0.1) is 0 Å². The van der Waals surface area contributed by atoms with Crippen LogP contribution in [0.1, 0.15) is 16.4 Å². The molecule has 0 spiro atoms. The summed E-state index contributed by atoms with van der Waals surface area (Å²) in [5, 5.41) is 2.82. The smallest absolute Gasteiger partial charge is 0.287 e. The number of nitrogens with one attached hydrogen (secondary N) is 2. The quantitative estimate of drug-likeness (QED) is 0.888. The Morgan fingerprint density at radius 2 is 2.38 bits per heavy atom. The van der Waals surface area contributed by atoms with Gasteiger partial charge in [0.1, 0.15) is 10.9 Å². The van der Waals surface area contributed by atoms with Crippen LogP contribution in [0.25, 0.3) is 0 Å². The summed E-state index contributed by atoms with van der Waals surface area (Å²) >= 11 is 11.2. The zero-order chi connectivity index (χ0) is 11.5. The van der Waals surface area contributed by atoms with Gasteiger partial charge in [-0.3, -0.25) is 4.79 Å². The molecule has 2 aromatic heterocycles. The number of halogens is 2. The van der Waals surface area contributed by atoms with E-state index in [1.807, 2.05) is 0 Å². The molecule has 2 heterocycles. The lowest BCUT2D eigenvalue weighted by atomic mass is 10.4. The molecule has 0 atom stereocenters. The largest absolute Gasteiger partial charge is 0.467 e. The molecule has 1 amide bonds. The third-order valence-corrected chi connectivity index (χ3v) is 2.48. The molecule has 0 aliphatic heterocycles. The first kappa shape index (κ1) is 11.0. The first-order valence-corrected chi connectivity index (χ1v) is 5.14. The van der Waals surface area contributed by atoms with Gasteiger partial charge in [-0.25, -0.2) is 4.98 Å². The molecule has 2 N–H and O–H groups in total. The molecule has 0 aliphatic rings. The van der Waals surface area contributed by atoms with E-state index >= 15 is 0 Å². The van der Waals surface area contributed by atoms with Gasteiger partial charge in [0.25, 0.3) is 5.91 Å². The molecule has 2 aromatic rings. The average Bonchev–Trinajstić information content (AvgIpc) is 2.86. The van der Waals surface area contributed by atoms with Gasteiger partial charge in [-0.2, -0.15) is 0 Å². The summed E-state index contributed by atoms with van der Waals surface area (Å²) in [5.74, 6) is 0.323. The van der Waals surface area contributed by atoms with Crippen LogP contribution in [-0.2, 0) is 6.54 Å². The molecule has 2 rings (SSSR count). The standard InChI is InChI=1S/C9H7Cl2N3O2/c10-6-7(11)14-8(13-6)9(15)12-4-5-2-1-3-16-5/h1-3H,4H2,(H,12,15)(H,13,14). The molecule has 16 heavy (non-hydrogen) atoms. The minimum absolute atomic E-state index is 0.0709. The highest BCUT2D eigenvalue weighted by atomic mass is 35.5. The predicted molar refractivity (Wildman–Crippen MR) is 58.5 cm³/mol. The van der Waals surface area contributed by atoms with E-state index < -0.39 is 5.91 Å². The summed E-state index contributed by atoms with van der Waals surface area (Å²) in [6.45, 7) is 0.280. The Hall–Kier alpha value is -1.46. The molecule has 0 unspecified atom stereocenters. The Kier molecular flexibility index (Phi) is 3.17. The molecule has 5 nitrogen and oxygen atoms in total. The van der Waals surface area contributed by atoms with Crippen molar-refractivity contribution in [2.45, 2.75) is 6.54 Å². The second-order valence-corrected chi connectivity index (χ2v) is 3.69. The number of aromatic amines is 1. The molecule has 0 saturated heterocycles. The molecule has 0 bridgehead atoms. The van der Waals surface area contributed by atoms with Crippen molar-refractivity contribution in [3.05, 3.63) is 40.3 Å². The highest BCUT2D eigenvalue weighted by Crippen LogP contribution is 2.17. The SMILES string of the molecule is O=C(NCc1ccco1)c1nc(Cl)c(Cl)[nH]1. The van der Waals surface area contributed by atoms with Crippen LogP contribution >= 0.6 is 23.2 Å². The third kappa shape index (κ3) is 2.37. The van der Waals surface area contributed by atoms with Crippen molar-refractivity contribution in [2.24, 2.45) is 0 Å². The van der Waals surface area contributed by atoms with Crippen molar-refractivity contribution in [1.82, 2.24) is 15.3 Å². The summed E-state index contributed by atoms with van der Waals surface area (Å²) in [4.78, 5) is 17.8. The van der Waals surface area contributed by atoms with Crippen molar-refractivity contribution in [2.75, 3.05) is 0 Å². The predicted octanol–water partition coefficient (Wildman–Crippen LogP) is 2.24. The lowest BCUT2D eigenvalue weighted by molar-refractivity contribution is 0.0938. The van der Waals surface area contributed by atoms with Crippen molar-refractivity contribution in [3.63, 3.8) is 0 Å². The minimum atomic E-state index is -0.398. The number of hydrogen-bond acceptors (Lipinski definition) is 3. The lowest BCUT2D eigenvalue weighted by Gasteiger charge is -1.99. The molecule has 0 saturated carbocycles. The normalized spacial score (nSPS) is 10.4. The summed E-state index contributed by atoms with van der Waals surface area (Å²) in [6, 6.07) is 3.49. The maximum Gasteiger partial charge on any atom is 0.287 e. The van der Waals surface area contributed by atoms with Gasteiger partial charge >= 0.3 is 0 Å². The zero-order valence-electron chi connectivity index (χ0n) is 7.96. The van der Waals surface area contributed by atoms with Crippen molar-refractivity contribution in [1.29, 1.82) is 0 Å². The van der Waals surface area contributed by atoms with E-state index in [2.05, 4.69) is 15.3 Å². The Balaban J connectivity index is 1.98. The van der Waals surface area contributed by atoms with Gasteiger partial charge in [-0.1, -0.05) is 23.2 Å². The van der Waals surface area contributed by atoms with E-state index in [0.717, 1.165) is 0 Å². The molecule has 0 fully saturated rings. The summed E-state index contributed by atoms with van der Waals surface area (Å²) in [6.07, 6.45) is 1.53. The first-order valence-electron chi connectivity index (χ1n) is 4.38. The van der Waals surface area contributed by atoms with Gasteiger partial charge in [0.15, 0.2) is 11.0 Å². The topological polar surface area (TPSA) is 70.9 Å². The molecule has 84 valence electrons. The van der Waals surface area contributed by atoms with Gasteiger partial charge in [-0.05, 0) is 12.1 Å². The van der Waals surface area contributed by atoms with Gasteiger partial charge in [0.05, 0.1) is 12.8 Å². The van der Waals surface area contributed by atoms with Gasteiger partial charge in [0, 0.05) is 0 Å². The summed E-state index contributed by atoms with van der Waals surface area (Å²) < 4.78 is 5.05. The minimum Gasteiger partial charge on any atom is -0.467 e. The maximum absolute atomic E-state index is 11.5. The Morgan fingerprint density at radius 3 is 2.94 bits per heavy atom. The Labute approximate surface area is 101 Å². The van der Waals surface area contributed by atoms with Crippen LogP contribution in [0.5, 0.6) is 0 Å². The van der Waals surface area contributed by atoms with E-state index in [4.69, 9.17) is 27.6 Å². The Morgan fingerprint density at radius 1 is 1.56 bits per heavy atom. The fourth-order valence-corrected chi connectivity index (χ4v) is 1.37. The molecule has 0 radical (unpaired) electrons. The van der Waals surface area contributed by atoms with Crippen LogP contribution < -0.4 is 5.32 Å². The Bertz CT molecular complexity index is 473. The van der Waals surface area contributed by atoms with Crippen LogP contribution in [0.4, 0.5) is 0 Å². The number of aromatic nitrogens is 2. The number of H-pyrrole nitrogens is 1. The van der Waals surface area contributed by atoms with Gasteiger partial charge < -0.3 is 14.7 Å². The molecular weight excluding hydrogens is 253 g/mol. The molecule has 0 aromatic carbocycles. The van der Waals surface area contributed by atoms with E-state index in [-0.39, 0.29) is 22.7 Å².